The molecule has 292 valence electrons. The fraction of sp³-hybridized carbons (Fsp3) is 0.345. The molecule has 2 heterocycles. The summed E-state index contributed by atoms with van der Waals surface area (Å²) in [6, 6.07) is 39.8. The zero-order valence-electron chi connectivity index (χ0n) is 35.9. The third kappa shape index (κ3) is 5.01. The number of para-hydroxylation sites is 1. The lowest BCUT2D eigenvalue weighted by Gasteiger charge is -2.42. The first-order chi connectivity index (χ1) is 27.4. The van der Waals surface area contributed by atoms with Crippen molar-refractivity contribution < 1.29 is 4.42 Å². The van der Waals surface area contributed by atoms with E-state index in [4.69, 9.17) is 4.42 Å². The molecular formula is C55H55NOS. The molecule has 0 aliphatic heterocycles. The summed E-state index contributed by atoms with van der Waals surface area (Å²) in [5, 5.41) is 5.02. The van der Waals surface area contributed by atoms with Gasteiger partial charge in [-0.3, -0.25) is 0 Å². The van der Waals surface area contributed by atoms with Crippen LogP contribution in [0.25, 0.3) is 53.2 Å². The summed E-state index contributed by atoms with van der Waals surface area (Å²) in [5.41, 5.74) is 17.4. The molecule has 0 fully saturated rings. The van der Waals surface area contributed by atoms with Crippen molar-refractivity contribution in [3.8, 4) is 11.1 Å². The van der Waals surface area contributed by atoms with Crippen LogP contribution in [0.1, 0.15) is 128 Å². The van der Waals surface area contributed by atoms with Crippen LogP contribution in [0.4, 0.5) is 17.1 Å². The summed E-state index contributed by atoms with van der Waals surface area (Å²) in [4.78, 5) is 2.53. The van der Waals surface area contributed by atoms with Crippen LogP contribution < -0.4 is 4.90 Å². The molecule has 2 nitrogen and oxygen atoms in total. The maximum absolute atomic E-state index is 6.57. The molecule has 0 bridgehead atoms. The molecule has 0 saturated carbocycles. The van der Waals surface area contributed by atoms with Gasteiger partial charge in [0.05, 0.1) is 5.69 Å². The van der Waals surface area contributed by atoms with E-state index in [0.29, 0.717) is 0 Å². The Hall–Kier alpha value is -4.86. The average molecular weight is 778 g/mol. The second-order valence-corrected chi connectivity index (χ2v) is 22.2. The number of furan rings is 1. The Morgan fingerprint density at radius 3 is 1.76 bits per heavy atom. The maximum Gasteiger partial charge on any atom is 0.137 e. The van der Waals surface area contributed by atoms with Crippen LogP contribution in [0.3, 0.4) is 0 Å². The van der Waals surface area contributed by atoms with Crippen molar-refractivity contribution >= 4 is 70.5 Å². The second-order valence-electron chi connectivity index (χ2n) is 21.1. The van der Waals surface area contributed by atoms with E-state index in [1.165, 1.54) is 102 Å². The predicted octanol–water partition coefficient (Wildman–Crippen LogP) is 16.4. The van der Waals surface area contributed by atoms with E-state index in [0.717, 1.165) is 27.6 Å². The second kappa shape index (κ2) is 11.7. The van der Waals surface area contributed by atoms with E-state index < -0.39 is 0 Å². The minimum atomic E-state index is -0.216. The molecule has 3 heteroatoms. The lowest BCUT2D eigenvalue weighted by atomic mass is 9.62. The van der Waals surface area contributed by atoms with Gasteiger partial charge >= 0.3 is 0 Å². The summed E-state index contributed by atoms with van der Waals surface area (Å²) in [6.45, 7) is 24.5. The number of fused-ring (bicyclic) bond motifs is 11. The molecule has 6 aromatic carbocycles. The lowest BCUT2D eigenvalue weighted by Crippen LogP contribution is -2.34. The van der Waals surface area contributed by atoms with Gasteiger partial charge in [-0.15, -0.1) is 11.3 Å². The number of nitrogens with zero attached hydrogens (tertiary/aromatic N) is 1. The number of benzene rings is 6. The molecule has 0 saturated heterocycles. The van der Waals surface area contributed by atoms with Crippen LogP contribution in [-0.2, 0) is 27.1 Å². The van der Waals surface area contributed by atoms with E-state index >= 15 is 0 Å². The molecule has 0 amide bonds. The average Bonchev–Trinajstić information content (AvgIpc) is 3.81. The van der Waals surface area contributed by atoms with Gasteiger partial charge in [-0.05, 0) is 153 Å². The molecule has 3 aliphatic rings. The maximum atomic E-state index is 6.57. The highest BCUT2D eigenvalue weighted by Crippen LogP contribution is 2.58. The Morgan fingerprint density at radius 1 is 0.448 bits per heavy atom. The van der Waals surface area contributed by atoms with Gasteiger partial charge in [-0.2, -0.15) is 0 Å². The molecule has 0 N–H and O–H groups in total. The van der Waals surface area contributed by atoms with Gasteiger partial charge in [0.2, 0.25) is 0 Å². The van der Waals surface area contributed by atoms with Crippen molar-refractivity contribution in [3.05, 3.63) is 137 Å². The van der Waals surface area contributed by atoms with Gasteiger partial charge in [0.15, 0.2) is 0 Å². The first kappa shape index (κ1) is 36.2. The summed E-state index contributed by atoms with van der Waals surface area (Å²) < 4.78 is 9.30. The number of thiophene rings is 1. The van der Waals surface area contributed by atoms with Crippen molar-refractivity contribution in [1.29, 1.82) is 0 Å². The largest absolute Gasteiger partial charge is 0.456 e. The highest BCUT2D eigenvalue weighted by molar-refractivity contribution is 7.25. The third-order valence-corrected chi connectivity index (χ3v) is 16.3. The zero-order valence-corrected chi connectivity index (χ0v) is 36.7. The van der Waals surface area contributed by atoms with Gasteiger partial charge in [0.25, 0.3) is 0 Å². The van der Waals surface area contributed by atoms with E-state index in [-0.39, 0.29) is 27.1 Å². The Balaban J connectivity index is 1.16. The van der Waals surface area contributed by atoms with Crippen molar-refractivity contribution in [2.45, 2.75) is 122 Å². The molecule has 2 aromatic heterocycles. The van der Waals surface area contributed by atoms with Crippen LogP contribution in [0, 0.1) is 0 Å². The molecule has 3 aliphatic carbocycles. The molecule has 58 heavy (non-hydrogen) atoms. The highest BCUT2D eigenvalue weighted by atomic mass is 32.1. The van der Waals surface area contributed by atoms with E-state index in [1.54, 1.807) is 0 Å². The highest BCUT2D eigenvalue weighted by Gasteiger charge is 2.44. The fourth-order valence-corrected chi connectivity index (χ4v) is 12.4. The Kier molecular flexibility index (Phi) is 7.29. The van der Waals surface area contributed by atoms with Crippen LogP contribution >= 0.6 is 11.3 Å². The molecule has 8 aromatic rings. The molecule has 11 rings (SSSR count). The summed E-state index contributed by atoms with van der Waals surface area (Å²) in [7, 11) is 0. The zero-order chi connectivity index (χ0) is 40.3. The smallest absolute Gasteiger partial charge is 0.137 e. The lowest BCUT2D eigenvalue weighted by molar-refractivity contribution is 0.331. The molecule has 0 spiro atoms. The molecule has 0 unspecified atom stereocenters. The van der Waals surface area contributed by atoms with E-state index in [9.17, 15) is 0 Å². The first-order valence-corrected chi connectivity index (χ1v) is 22.3. The third-order valence-electron chi connectivity index (χ3n) is 15.2. The first-order valence-electron chi connectivity index (χ1n) is 21.5. The van der Waals surface area contributed by atoms with Crippen molar-refractivity contribution in [3.63, 3.8) is 0 Å². The van der Waals surface area contributed by atoms with Crippen molar-refractivity contribution in [2.75, 3.05) is 4.90 Å². The van der Waals surface area contributed by atoms with Crippen LogP contribution in [0.15, 0.2) is 108 Å². The van der Waals surface area contributed by atoms with Gasteiger partial charge < -0.3 is 9.32 Å². The van der Waals surface area contributed by atoms with Gasteiger partial charge in [-0.1, -0.05) is 106 Å². The van der Waals surface area contributed by atoms with E-state index in [2.05, 4.69) is 177 Å². The number of anilines is 3. The summed E-state index contributed by atoms with van der Waals surface area (Å²) in [5.74, 6) is 0. The monoisotopic (exact) mass is 777 g/mol. The van der Waals surface area contributed by atoms with E-state index in [1.807, 2.05) is 11.3 Å². The number of rotatable bonds is 3. The molecular weight excluding hydrogens is 723 g/mol. The Morgan fingerprint density at radius 2 is 1.03 bits per heavy atom. The standard InChI is InChI=1S/C55H55NOS/c1-51(2)22-24-53(5,6)43-30-40-37(28-41(43)51)36-15-13-16-45(50(36)55(40,9)10)56(33-18-20-35-34-14-11-12-17-46(34)57-47(35)27-33)32-19-21-48-38(26-32)39-29-42-44(31-49(39)58-48)54(7,8)25-23-52(42,3)4/h11-21,26-31H,22-25H2,1-10H3. The van der Waals surface area contributed by atoms with Crippen LogP contribution in [-0.4, -0.2) is 0 Å². The quantitative estimate of drug-likeness (QED) is 0.178. The minimum Gasteiger partial charge on any atom is -0.456 e. The van der Waals surface area contributed by atoms with Crippen LogP contribution in [0.2, 0.25) is 0 Å². The fourth-order valence-electron chi connectivity index (χ4n) is 11.3. The Labute approximate surface area is 347 Å². The summed E-state index contributed by atoms with van der Waals surface area (Å²) in [6.07, 6.45) is 4.84. The topological polar surface area (TPSA) is 16.4 Å². The van der Waals surface area contributed by atoms with Gasteiger partial charge in [0.1, 0.15) is 11.2 Å². The summed E-state index contributed by atoms with van der Waals surface area (Å²) >= 11 is 1.94. The van der Waals surface area contributed by atoms with Crippen molar-refractivity contribution in [1.82, 2.24) is 0 Å². The number of hydrogen-bond acceptors (Lipinski definition) is 3. The number of hydrogen-bond donors (Lipinski definition) is 0. The normalized spacial score (nSPS) is 19.3. The van der Waals surface area contributed by atoms with Gasteiger partial charge in [0, 0.05) is 53.8 Å². The van der Waals surface area contributed by atoms with Crippen molar-refractivity contribution in [2.24, 2.45) is 0 Å². The molecule has 0 radical (unpaired) electrons. The minimum absolute atomic E-state index is 0.140. The molecule has 0 atom stereocenters. The van der Waals surface area contributed by atoms with Crippen LogP contribution in [0.5, 0.6) is 0 Å². The SMILES string of the molecule is CC1(C)CCC(C)(C)c2cc3c(cc21)-c1cccc(N(c2ccc4c(c2)oc2ccccc24)c2ccc4sc5cc6c(cc5c4c2)C(C)(C)CCC6(C)C)c1C3(C)C. The Bertz CT molecular complexity index is 3050. The predicted molar refractivity (Wildman–Crippen MR) is 249 cm³/mol. The van der Waals surface area contributed by atoms with Gasteiger partial charge in [-0.25, -0.2) is 0 Å².